The zero-order valence-electron chi connectivity index (χ0n) is 8.33. The molecule has 15 heavy (non-hydrogen) atoms. The highest BCUT2D eigenvalue weighted by atomic mass is 79.9. The monoisotopic (exact) mass is 269 g/mol. The molecule has 2 N–H and O–H groups in total. The number of hydrogen-bond donors (Lipinski definition) is 2. The second-order valence-corrected chi connectivity index (χ2v) is 4.00. The average Bonchev–Trinajstić information content (AvgIpc) is 2.14. The second-order valence-electron chi connectivity index (χ2n) is 3.08. The van der Waals surface area contributed by atoms with E-state index in [0.29, 0.717) is 6.54 Å². The van der Waals surface area contributed by atoms with Crippen LogP contribution in [0.15, 0.2) is 34.8 Å². The minimum absolute atomic E-state index is 0.509. The van der Waals surface area contributed by atoms with Crippen molar-refractivity contribution in [3.8, 4) is 0 Å². The van der Waals surface area contributed by atoms with Crippen molar-refractivity contribution in [1.82, 2.24) is 0 Å². The fraction of sp³-hybridized carbons (Fsp3) is 0.182. The molecule has 1 aromatic carbocycles. The molecule has 4 heteroatoms. The normalized spacial score (nSPS) is 10.5. The highest BCUT2D eigenvalue weighted by Crippen LogP contribution is 2.19. The molecule has 0 aromatic heterocycles. The molecule has 0 amide bonds. The van der Waals surface area contributed by atoms with Crippen LogP contribution in [-0.2, 0) is 4.79 Å². The van der Waals surface area contributed by atoms with Crippen LogP contribution in [0.3, 0.4) is 0 Å². The zero-order chi connectivity index (χ0) is 11.3. The average molecular weight is 270 g/mol. The number of carbonyl (C=O) groups is 1. The Bertz CT molecular complexity index is 388. The van der Waals surface area contributed by atoms with E-state index in [1.54, 1.807) is 6.08 Å². The molecule has 1 aromatic rings. The maximum atomic E-state index is 10.2. The quantitative estimate of drug-likeness (QED) is 0.827. The van der Waals surface area contributed by atoms with E-state index in [-0.39, 0.29) is 0 Å². The predicted octanol–water partition coefficient (Wildman–Crippen LogP) is 2.81. The summed E-state index contributed by atoms with van der Waals surface area (Å²) in [5, 5.41) is 11.5. The number of aryl methyl sites for hydroxylation is 1. The van der Waals surface area contributed by atoms with Crippen molar-refractivity contribution in [3.63, 3.8) is 0 Å². The molecule has 0 atom stereocenters. The van der Waals surface area contributed by atoms with Gasteiger partial charge in [0.15, 0.2) is 0 Å². The molecular formula is C11H12BrNO2. The van der Waals surface area contributed by atoms with Crippen LogP contribution < -0.4 is 5.32 Å². The van der Waals surface area contributed by atoms with Gasteiger partial charge in [-0.05, 0) is 30.7 Å². The molecule has 0 heterocycles. The molecule has 0 saturated carbocycles. The maximum absolute atomic E-state index is 10.2. The zero-order valence-corrected chi connectivity index (χ0v) is 9.91. The van der Waals surface area contributed by atoms with Crippen LogP contribution in [0.25, 0.3) is 0 Å². The molecule has 0 aliphatic rings. The van der Waals surface area contributed by atoms with E-state index in [0.717, 1.165) is 21.8 Å². The molecule has 80 valence electrons. The van der Waals surface area contributed by atoms with E-state index in [1.165, 1.54) is 0 Å². The summed E-state index contributed by atoms with van der Waals surface area (Å²) in [7, 11) is 0. The molecule has 0 aliphatic carbocycles. The second kappa shape index (κ2) is 5.56. The van der Waals surface area contributed by atoms with Crippen molar-refractivity contribution in [1.29, 1.82) is 0 Å². The van der Waals surface area contributed by atoms with Gasteiger partial charge >= 0.3 is 5.97 Å². The van der Waals surface area contributed by atoms with Crippen LogP contribution >= 0.6 is 15.9 Å². The Kier molecular flexibility index (Phi) is 4.37. The Morgan fingerprint density at radius 1 is 1.60 bits per heavy atom. The van der Waals surface area contributed by atoms with Crippen molar-refractivity contribution in [2.75, 3.05) is 11.9 Å². The van der Waals surface area contributed by atoms with Crippen LogP contribution in [0, 0.1) is 6.92 Å². The third-order valence-electron chi connectivity index (χ3n) is 1.86. The van der Waals surface area contributed by atoms with E-state index < -0.39 is 5.97 Å². The van der Waals surface area contributed by atoms with Gasteiger partial charge < -0.3 is 10.4 Å². The predicted molar refractivity (Wildman–Crippen MR) is 64.1 cm³/mol. The topological polar surface area (TPSA) is 49.3 Å². The van der Waals surface area contributed by atoms with E-state index in [9.17, 15) is 4.79 Å². The van der Waals surface area contributed by atoms with Crippen LogP contribution in [0.1, 0.15) is 5.56 Å². The summed E-state index contributed by atoms with van der Waals surface area (Å²) >= 11 is 3.38. The number of benzene rings is 1. The van der Waals surface area contributed by atoms with Crippen LogP contribution in [0.2, 0.25) is 0 Å². The standard InChI is InChI=1S/C11H12BrNO2/c1-8-7-9(12)4-5-10(8)13-6-2-3-11(14)15/h2-5,7,13H,6H2,1H3,(H,14,15)/b3-2+. The Labute approximate surface area is 96.9 Å². The first-order valence-corrected chi connectivity index (χ1v) is 5.28. The summed E-state index contributed by atoms with van der Waals surface area (Å²) in [6, 6.07) is 5.90. The van der Waals surface area contributed by atoms with Crippen molar-refractivity contribution < 1.29 is 9.90 Å². The molecule has 0 fully saturated rings. The van der Waals surface area contributed by atoms with E-state index in [1.807, 2.05) is 25.1 Å². The van der Waals surface area contributed by atoms with E-state index in [2.05, 4.69) is 21.2 Å². The Balaban J connectivity index is 2.54. The van der Waals surface area contributed by atoms with Crippen LogP contribution in [0.5, 0.6) is 0 Å². The number of hydrogen-bond acceptors (Lipinski definition) is 2. The van der Waals surface area contributed by atoms with Gasteiger partial charge in [-0.1, -0.05) is 22.0 Å². The largest absolute Gasteiger partial charge is 0.478 e. The number of nitrogens with one attached hydrogen (secondary N) is 1. The third-order valence-corrected chi connectivity index (χ3v) is 2.35. The van der Waals surface area contributed by atoms with Crippen molar-refractivity contribution in [3.05, 3.63) is 40.4 Å². The number of rotatable bonds is 4. The molecule has 3 nitrogen and oxygen atoms in total. The van der Waals surface area contributed by atoms with Crippen molar-refractivity contribution in [2.45, 2.75) is 6.92 Å². The van der Waals surface area contributed by atoms with Gasteiger partial charge in [-0.15, -0.1) is 0 Å². The minimum atomic E-state index is -0.927. The van der Waals surface area contributed by atoms with Gasteiger partial charge in [0.1, 0.15) is 0 Å². The minimum Gasteiger partial charge on any atom is -0.478 e. The number of carboxylic acid groups (broad SMARTS) is 1. The Morgan fingerprint density at radius 3 is 2.93 bits per heavy atom. The first-order chi connectivity index (χ1) is 7.09. The van der Waals surface area contributed by atoms with Gasteiger partial charge in [-0.25, -0.2) is 4.79 Å². The summed E-state index contributed by atoms with van der Waals surface area (Å²) < 4.78 is 1.03. The van der Waals surface area contributed by atoms with Gasteiger partial charge in [-0.2, -0.15) is 0 Å². The highest BCUT2D eigenvalue weighted by Gasteiger charge is 1.96. The molecule has 0 radical (unpaired) electrons. The lowest BCUT2D eigenvalue weighted by molar-refractivity contribution is -0.131. The molecule has 0 aliphatic heterocycles. The Hall–Kier alpha value is -1.29. The van der Waals surface area contributed by atoms with Gasteiger partial charge in [-0.3, -0.25) is 0 Å². The van der Waals surface area contributed by atoms with E-state index in [4.69, 9.17) is 5.11 Å². The molecular weight excluding hydrogens is 258 g/mol. The number of carboxylic acids is 1. The summed E-state index contributed by atoms with van der Waals surface area (Å²) in [5.41, 5.74) is 2.13. The van der Waals surface area contributed by atoms with Crippen molar-refractivity contribution in [2.24, 2.45) is 0 Å². The fourth-order valence-corrected chi connectivity index (χ4v) is 1.63. The molecule has 0 bridgehead atoms. The van der Waals surface area contributed by atoms with Gasteiger partial charge in [0.2, 0.25) is 0 Å². The maximum Gasteiger partial charge on any atom is 0.328 e. The number of halogens is 1. The lowest BCUT2D eigenvalue weighted by Crippen LogP contribution is -2.00. The fourth-order valence-electron chi connectivity index (χ4n) is 1.15. The lowest BCUT2D eigenvalue weighted by Gasteiger charge is -2.07. The smallest absolute Gasteiger partial charge is 0.328 e. The third kappa shape index (κ3) is 4.16. The molecule has 0 unspecified atom stereocenters. The van der Waals surface area contributed by atoms with Crippen molar-refractivity contribution >= 4 is 27.6 Å². The van der Waals surface area contributed by atoms with Gasteiger partial charge in [0.05, 0.1) is 0 Å². The van der Waals surface area contributed by atoms with Crippen LogP contribution in [-0.4, -0.2) is 17.6 Å². The number of aliphatic carboxylic acids is 1. The molecule has 0 spiro atoms. The highest BCUT2D eigenvalue weighted by molar-refractivity contribution is 9.10. The summed E-state index contributed by atoms with van der Waals surface area (Å²) in [4.78, 5) is 10.2. The summed E-state index contributed by atoms with van der Waals surface area (Å²) in [5.74, 6) is -0.927. The van der Waals surface area contributed by atoms with E-state index >= 15 is 0 Å². The number of anilines is 1. The SMILES string of the molecule is Cc1cc(Br)ccc1NC/C=C/C(=O)O. The molecule has 1 rings (SSSR count). The van der Waals surface area contributed by atoms with Gasteiger partial charge in [0.25, 0.3) is 0 Å². The summed E-state index contributed by atoms with van der Waals surface area (Å²) in [6.45, 7) is 2.50. The first kappa shape index (κ1) is 11.8. The van der Waals surface area contributed by atoms with Gasteiger partial charge in [0, 0.05) is 22.8 Å². The Morgan fingerprint density at radius 2 is 2.33 bits per heavy atom. The summed E-state index contributed by atoms with van der Waals surface area (Å²) in [6.07, 6.45) is 2.70. The lowest BCUT2D eigenvalue weighted by atomic mass is 10.2. The first-order valence-electron chi connectivity index (χ1n) is 4.49. The van der Waals surface area contributed by atoms with Crippen LogP contribution in [0.4, 0.5) is 5.69 Å². The molecule has 0 saturated heterocycles.